The molecule has 122 valence electrons. The van der Waals surface area contributed by atoms with Crippen LogP contribution in [0, 0.1) is 0 Å². The smallest absolute Gasteiger partial charge is 0.387 e. The van der Waals surface area contributed by atoms with Crippen molar-refractivity contribution in [3.63, 3.8) is 0 Å². The zero-order valence-corrected chi connectivity index (χ0v) is 13.0. The summed E-state index contributed by atoms with van der Waals surface area (Å²) in [4.78, 5) is 23.5. The van der Waals surface area contributed by atoms with Crippen molar-refractivity contribution in [1.29, 1.82) is 0 Å². The maximum atomic E-state index is 12.0. The number of amides is 2. The number of benzene rings is 1. The van der Waals surface area contributed by atoms with Crippen LogP contribution in [0.15, 0.2) is 28.6 Å². The van der Waals surface area contributed by atoms with Gasteiger partial charge in [0.25, 0.3) is 5.91 Å². The highest BCUT2D eigenvalue weighted by Crippen LogP contribution is 2.23. The maximum Gasteiger partial charge on any atom is 0.387 e. The van der Waals surface area contributed by atoms with Gasteiger partial charge in [-0.1, -0.05) is 23.1 Å². The molecule has 0 spiro atoms. The SMILES string of the molecule is Nc1nnc(SCC(=O)NC(=O)c2ccc(OC(F)F)cc2)s1. The minimum Gasteiger partial charge on any atom is -0.435 e. The van der Waals surface area contributed by atoms with Crippen LogP contribution in [0.5, 0.6) is 5.75 Å². The normalized spacial score (nSPS) is 10.6. The number of anilines is 1. The van der Waals surface area contributed by atoms with Crippen LogP contribution >= 0.6 is 23.1 Å². The predicted octanol–water partition coefficient (Wildman–Crippen LogP) is 1.77. The molecular formula is C12H10F2N4O3S2. The quantitative estimate of drug-likeness (QED) is 0.756. The molecule has 0 saturated heterocycles. The molecule has 0 aliphatic carbocycles. The van der Waals surface area contributed by atoms with Crippen LogP contribution in [0.25, 0.3) is 0 Å². The number of ether oxygens (including phenoxy) is 1. The van der Waals surface area contributed by atoms with Gasteiger partial charge in [0.2, 0.25) is 11.0 Å². The molecule has 0 aliphatic heterocycles. The summed E-state index contributed by atoms with van der Waals surface area (Å²) in [6.45, 7) is -2.94. The molecule has 0 fully saturated rings. The first kappa shape index (κ1) is 17.1. The topological polar surface area (TPSA) is 107 Å². The Morgan fingerprint density at radius 1 is 1.30 bits per heavy atom. The highest BCUT2D eigenvalue weighted by atomic mass is 32.2. The average molecular weight is 360 g/mol. The molecular weight excluding hydrogens is 350 g/mol. The van der Waals surface area contributed by atoms with Crippen LogP contribution in [-0.2, 0) is 4.79 Å². The van der Waals surface area contributed by atoms with Gasteiger partial charge < -0.3 is 10.5 Å². The van der Waals surface area contributed by atoms with Gasteiger partial charge in [-0.15, -0.1) is 10.2 Å². The lowest BCUT2D eigenvalue weighted by Gasteiger charge is -2.06. The molecule has 0 radical (unpaired) electrons. The number of nitrogens with two attached hydrogens (primary N) is 1. The van der Waals surface area contributed by atoms with E-state index in [-0.39, 0.29) is 22.2 Å². The molecule has 23 heavy (non-hydrogen) atoms. The largest absolute Gasteiger partial charge is 0.435 e. The number of rotatable bonds is 6. The Labute approximate surface area is 137 Å². The molecule has 1 aromatic carbocycles. The fraction of sp³-hybridized carbons (Fsp3) is 0.167. The highest BCUT2D eigenvalue weighted by Gasteiger charge is 2.13. The summed E-state index contributed by atoms with van der Waals surface area (Å²) in [6.07, 6.45) is 0. The molecule has 0 bridgehead atoms. The lowest BCUT2D eigenvalue weighted by molar-refractivity contribution is -0.117. The number of carbonyl (C=O) groups is 2. The van der Waals surface area contributed by atoms with Gasteiger partial charge >= 0.3 is 6.61 Å². The maximum absolute atomic E-state index is 12.0. The second-order valence-corrected chi connectivity index (χ2v) is 6.21. The van der Waals surface area contributed by atoms with Gasteiger partial charge in [-0.2, -0.15) is 8.78 Å². The summed E-state index contributed by atoms with van der Waals surface area (Å²) in [6, 6.07) is 4.98. The van der Waals surface area contributed by atoms with Crippen molar-refractivity contribution in [2.45, 2.75) is 11.0 Å². The molecule has 0 saturated carbocycles. The zero-order chi connectivity index (χ0) is 16.8. The Balaban J connectivity index is 1.84. The Morgan fingerprint density at radius 2 is 2.00 bits per heavy atom. The molecule has 7 nitrogen and oxygen atoms in total. The van der Waals surface area contributed by atoms with Crippen LogP contribution in [0.3, 0.4) is 0 Å². The number of hydrogen-bond donors (Lipinski definition) is 2. The van der Waals surface area contributed by atoms with Crippen molar-refractivity contribution in [3.05, 3.63) is 29.8 Å². The van der Waals surface area contributed by atoms with Crippen molar-refractivity contribution in [2.24, 2.45) is 0 Å². The first-order valence-corrected chi connectivity index (χ1v) is 7.85. The van der Waals surface area contributed by atoms with Gasteiger partial charge in [-0.3, -0.25) is 14.9 Å². The first-order chi connectivity index (χ1) is 10.9. The summed E-state index contributed by atoms with van der Waals surface area (Å²) in [7, 11) is 0. The molecule has 0 aliphatic rings. The van der Waals surface area contributed by atoms with Gasteiger partial charge in [-0.25, -0.2) is 0 Å². The Kier molecular flexibility index (Phi) is 5.82. The lowest BCUT2D eigenvalue weighted by atomic mass is 10.2. The van der Waals surface area contributed by atoms with Gasteiger partial charge in [0.05, 0.1) is 5.75 Å². The van der Waals surface area contributed by atoms with E-state index in [2.05, 4.69) is 20.3 Å². The second kappa shape index (κ2) is 7.83. The fourth-order valence-corrected chi connectivity index (χ4v) is 2.86. The summed E-state index contributed by atoms with van der Waals surface area (Å²) in [5.41, 5.74) is 5.55. The molecule has 2 amide bonds. The van der Waals surface area contributed by atoms with Crippen molar-refractivity contribution in [1.82, 2.24) is 15.5 Å². The number of nitrogen functional groups attached to an aromatic ring is 1. The number of carbonyl (C=O) groups excluding carboxylic acids is 2. The number of thioether (sulfide) groups is 1. The number of imide groups is 1. The van der Waals surface area contributed by atoms with Gasteiger partial charge in [-0.05, 0) is 24.3 Å². The van der Waals surface area contributed by atoms with Crippen molar-refractivity contribution in [3.8, 4) is 5.75 Å². The fourth-order valence-electron chi connectivity index (χ4n) is 1.43. The summed E-state index contributed by atoms with van der Waals surface area (Å²) in [5, 5.41) is 9.78. The third-order valence-electron chi connectivity index (χ3n) is 2.34. The zero-order valence-electron chi connectivity index (χ0n) is 11.4. The van der Waals surface area contributed by atoms with E-state index in [0.717, 1.165) is 23.1 Å². The molecule has 2 rings (SSSR count). The van der Waals surface area contributed by atoms with Crippen LogP contribution in [0.2, 0.25) is 0 Å². The molecule has 1 aromatic heterocycles. The van der Waals surface area contributed by atoms with E-state index < -0.39 is 18.4 Å². The van der Waals surface area contributed by atoms with Gasteiger partial charge in [0.15, 0.2) is 4.34 Å². The van der Waals surface area contributed by atoms with Crippen LogP contribution in [0.1, 0.15) is 10.4 Å². The van der Waals surface area contributed by atoms with Crippen LogP contribution in [0.4, 0.5) is 13.9 Å². The number of alkyl halides is 2. The highest BCUT2D eigenvalue weighted by molar-refractivity contribution is 8.01. The summed E-state index contributed by atoms with van der Waals surface area (Å²) < 4.78 is 28.7. The standard InChI is InChI=1S/C12H10F2N4O3S2/c13-10(14)21-7-3-1-6(2-4-7)9(20)16-8(19)5-22-12-18-17-11(15)23-12/h1-4,10H,5H2,(H2,15,17)(H,16,19,20). The summed E-state index contributed by atoms with van der Waals surface area (Å²) in [5.74, 6) is -1.28. The Bertz CT molecular complexity index is 694. The molecule has 1 heterocycles. The second-order valence-electron chi connectivity index (χ2n) is 3.98. The monoisotopic (exact) mass is 360 g/mol. The molecule has 0 unspecified atom stereocenters. The van der Waals surface area contributed by atoms with Crippen molar-refractivity contribution >= 4 is 40.0 Å². The lowest BCUT2D eigenvalue weighted by Crippen LogP contribution is -2.31. The Hall–Kier alpha value is -2.27. The van der Waals surface area contributed by atoms with Crippen molar-refractivity contribution in [2.75, 3.05) is 11.5 Å². The average Bonchev–Trinajstić information content (AvgIpc) is 2.91. The Morgan fingerprint density at radius 3 is 2.57 bits per heavy atom. The first-order valence-electron chi connectivity index (χ1n) is 6.05. The minimum absolute atomic E-state index is 0.0348. The number of nitrogens with one attached hydrogen (secondary N) is 1. The summed E-state index contributed by atoms with van der Waals surface area (Å²) >= 11 is 2.22. The third-order valence-corrected chi connectivity index (χ3v) is 4.23. The molecule has 11 heteroatoms. The van der Waals surface area contributed by atoms with Gasteiger partial charge in [0.1, 0.15) is 5.75 Å². The van der Waals surface area contributed by atoms with E-state index >= 15 is 0 Å². The third kappa shape index (κ3) is 5.45. The van der Waals surface area contributed by atoms with Crippen LogP contribution < -0.4 is 15.8 Å². The molecule has 2 aromatic rings. The van der Waals surface area contributed by atoms with E-state index in [1.165, 1.54) is 24.3 Å². The van der Waals surface area contributed by atoms with Gasteiger partial charge in [0, 0.05) is 5.56 Å². The van der Waals surface area contributed by atoms with E-state index in [9.17, 15) is 18.4 Å². The van der Waals surface area contributed by atoms with E-state index in [4.69, 9.17) is 5.73 Å². The van der Waals surface area contributed by atoms with E-state index in [0.29, 0.717) is 4.34 Å². The van der Waals surface area contributed by atoms with E-state index in [1.807, 2.05) is 0 Å². The number of nitrogens with zero attached hydrogens (tertiary/aromatic N) is 2. The number of halogens is 2. The molecule has 0 atom stereocenters. The predicted molar refractivity (Wildman–Crippen MR) is 80.6 cm³/mol. The minimum atomic E-state index is -2.94. The number of aromatic nitrogens is 2. The number of hydrogen-bond acceptors (Lipinski definition) is 8. The molecule has 3 N–H and O–H groups in total. The van der Waals surface area contributed by atoms with Crippen LogP contribution in [-0.4, -0.2) is 34.4 Å². The van der Waals surface area contributed by atoms with Crippen molar-refractivity contribution < 1.29 is 23.1 Å². The van der Waals surface area contributed by atoms with E-state index in [1.54, 1.807) is 0 Å².